The summed E-state index contributed by atoms with van der Waals surface area (Å²) < 4.78 is 5.12. The zero-order valence-electron chi connectivity index (χ0n) is 20.2. The maximum absolute atomic E-state index is 12.8. The van der Waals surface area contributed by atoms with E-state index >= 15 is 0 Å². The molecule has 8 heteroatoms. The summed E-state index contributed by atoms with van der Waals surface area (Å²) in [7, 11) is 0. The molecule has 2 aliphatic rings. The van der Waals surface area contributed by atoms with Gasteiger partial charge in [0.15, 0.2) is 0 Å². The summed E-state index contributed by atoms with van der Waals surface area (Å²) in [4.78, 5) is 26.8. The molecule has 2 N–H and O–H groups in total. The van der Waals surface area contributed by atoms with E-state index in [-0.39, 0.29) is 24.4 Å². The average molecular weight is 477 g/mol. The highest BCUT2D eigenvalue weighted by molar-refractivity contribution is 5.94. The zero-order chi connectivity index (χ0) is 24.9. The summed E-state index contributed by atoms with van der Waals surface area (Å²) in [5.74, 6) is -0.351. The second-order valence-electron chi connectivity index (χ2n) is 8.98. The second-order valence-corrected chi connectivity index (χ2v) is 8.98. The molecule has 1 amide bonds. The molecule has 0 aromatic heterocycles. The monoisotopic (exact) mass is 476 g/mol. The van der Waals surface area contributed by atoms with Crippen LogP contribution in [-0.2, 0) is 16.1 Å². The van der Waals surface area contributed by atoms with E-state index in [0.717, 1.165) is 54.0 Å². The predicted octanol–water partition coefficient (Wildman–Crippen LogP) is 4.01. The van der Waals surface area contributed by atoms with Gasteiger partial charge in [0.1, 0.15) is 6.61 Å². The van der Waals surface area contributed by atoms with Gasteiger partial charge in [0.2, 0.25) is 5.91 Å². The number of allylic oxidation sites excluding steroid dienone is 1. The number of carbonyl (C=O) groups is 2. The number of rotatable bonds is 8. The SMILES string of the molecule is C=NN(/C=C\C)c1ccc(NC(=O)C2CCN(C[C@H](O)c3ccc4c(c3C)COC4=O)CC2)cc1. The number of hydrogen-bond donors (Lipinski definition) is 2. The molecule has 2 aliphatic heterocycles. The first-order chi connectivity index (χ1) is 16.9. The molecule has 35 heavy (non-hydrogen) atoms. The Balaban J connectivity index is 1.28. The highest BCUT2D eigenvalue weighted by atomic mass is 16.5. The number of ether oxygens (including phenoxy) is 1. The fraction of sp³-hybridized carbons (Fsp3) is 0.370. The molecule has 0 aliphatic carbocycles. The molecule has 184 valence electrons. The first kappa shape index (κ1) is 24.6. The van der Waals surface area contributed by atoms with Crippen molar-refractivity contribution in [1.29, 1.82) is 0 Å². The van der Waals surface area contributed by atoms with Crippen LogP contribution >= 0.6 is 0 Å². The third kappa shape index (κ3) is 5.44. The van der Waals surface area contributed by atoms with E-state index in [1.54, 1.807) is 11.1 Å². The number of amides is 1. The van der Waals surface area contributed by atoms with Crippen molar-refractivity contribution < 1.29 is 19.4 Å². The van der Waals surface area contributed by atoms with Crippen molar-refractivity contribution in [2.45, 2.75) is 39.4 Å². The largest absolute Gasteiger partial charge is 0.457 e. The van der Waals surface area contributed by atoms with Gasteiger partial charge < -0.3 is 20.1 Å². The van der Waals surface area contributed by atoms with Gasteiger partial charge in [-0.15, -0.1) is 0 Å². The van der Waals surface area contributed by atoms with Crippen LogP contribution in [0.3, 0.4) is 0 Å². The number of aliphatic hydroxyl groups is 1. The summed E-state index contributed by atoms with van der Waals surface area (Å²) >= 11 is 0. The molecule has 0 saturated carbocycles. The molecule has 4 rings (SSSR count). The first-order valence-electron chi connectivity index (χ1n) is 11.9. The lowest BCUT2D eigenvalue weighted by Crippen LogP contribution is -2.40. The number of β-amino-alcohol motifs (C(OH)–C–C–N with tert-alkyl or cyclic N) is 1. The van der Waals surface area contributed by atoms with Crippen molar-refractivity contribution >= 4 is 30.0 Å². The number of cyclic esters (lactones) is 1. The fourth-order valence-electron chi connectivity index (χ4n) is 4.75. The Hall–Kier alpha value is -3.49. The first-order valence-corrected chi connectivity index (χ1v) is 11.9. The van der Waals surface area contributed by atoms with E-state index in [1.165, 1.54) is 0 Å². The van der Waals surface area contributed by atoms with Gasteiger partial charge in [0.05, 0.1) is 17.4 Å². The molecule has 1 fully saturated rings. The number of hydrazone groups is 1. The van der Waals surface area contributed by atoms with Gasteiger partial charge in [-0.05, 0) is 81.2 Å². The summed E-state index contributed by atoms with van der Waals surface area (Å²) in [6.45, 7) is 9.64. The van der Waals surface area contributed by atoms with Crippen LogP contribution in [0.15, 0.2) is 53.8 Å². The van der Waals surface area contributed by atoms with E-state index in [4.69, 9.17) is 4.74 Å². The van der Waals surface area contributed by atoms with Crippen molar-refractivity contribution in [3.05, 3.63) is 70.9 Å². The van der Waals surface area contributed by atoms with E-state index in [1.807, 2.05) is 56.5 Å². The Bertz CT molecular complexity index is 1120. The Labute approximate surface area is 205 Å². The van der Waals surface area contributed by atoms with Crippen LogP contribution in [0.1, 0.15) is 52.9 Å². The second kappa shape index (κ2) is 10.8. The third-order valence-electron chi connectivity index (χ3n) is 6.80. The molecule has 1 atom stereocenters. The van der Waals surface area contributed by atoms with E-state index in [0.29, 0.717) is 12.1 Å². The normalized spacial score (nSPS) is 17.2. The van der Waals surface area contributed by atoms with Gasteiger partial charge in [-0.25, -0.2) is 9.80 Å². The van der Waals surface area contributed by atoms with Crippen LogP contribution in [0, 0.1) is 12.8 Å². The number of nitrogens with zero attached hydrogens (tertiary/aromatic N) is 3. The minimum atomic E-state index is -0.660. The Kier molecular flexibility index (Phi) is 7.63. The molecule has 2 aromatic rings. The molecule has 8 nitrogen and oxygen atoms in total. The number of fused-ring (bicyclic) bond motifs is 1. The minimum absolute atomic E-state index is 0.0178. The van der Waals surface area contributed by atoms with Gasteiger partial charge in [-0.2, -0.15) is 5.10 Å². The number of esters is 1. The highest BCUT2D eigenvalue weighted by Crippen LogP contribution is 2.30. The molecular weight excluding hydrogens is 444 g/mol. The number of aliphatic hydroxyl groups excluding tert-OH is 1. The quantitative estimate of drug-likeness (QED) is 0.340. The molecule has 0 bridgehead atoms. The van der Waals surface area contributed by atoms with Crippen LogP contribution < -0.4 is 10.3 Å². The number of nitrogens with one attached hydrogen (secondary N) is 1. The van der Waals surface area contributed by atoms with Crippen LogP contribution in [-0.4, -0.2) is 48.2 Å². The number of carbonyl (C=O) groups excluding carboxylic acids is 2. The standard InChI is InChI=1S/C27H32N4O4/c1-4-13-31(28-3)21-7-5-20(6-8-21)29-26(33)19-11-14-30(15-12-19)16-25(32)22-9-10-23-24(18(22)2)17-35-27(23)34/h4-10,13,19,25,32H,3,11-12,14-17H2,1-2H3,(H,29,33)/b13-4-/t25-/m0/s1. The lowest BCUT2D eigenvalue weighted by molar-refractivity contribution is -0.121. The Morgan fingerprint density at radius 3 is 2.66 bits per heavy atom. The van der Waals surface area contributed by atoms with Gasteiger partial charge in [0, 0.05) is 36.6 Å². The Morgan fingerprint density at radius 2 is 2.00 bits per heavy atom. The molecular formula is C27H32N4O4. The van der Waals surface area contributed by atoms with E-state index in [9.17, 15) is 14.7 Å². The molecule has 2 heterocycles. The van der Waals surface area contributed by atoms with Crippen LogP contribution in [0.2, 0.25) is 0 Å². The predicted molar refractivity (Wildman–Crippen MR) is 136 cm³/mol. The lowest BCUT2D eigenvalue weighted by atomic mass is 9.93. The number of likely N-dealkylation sites (tertiary alicyclic amines) is 1. The van der Waals surface area contributed by atoms with Crippen molar-refractivity contribution in [2.75, 3.05) is 30.0 Å². The van der Waals surface area contributed by atoms with Crippen molar-refractivity contribution in [1.82, 2.24) is 4.90 Å². The topological polar surface area (TPSA) is 94.5 Å². The summed E-state index contributed by atoms with van der Waals surface area (Å²) in [5, 5.41) is 19.5. The Morgan fingerprint density at radius 1 is 1.29 bits per heavy atom. The number of anilines is 2. The van der Waals surface area contributed by atoms with Gasteiger partial charge in [-0.1, -0.05) is 12.1 Å². The third-order valence-corrected chi connectivity index (χ3v) is 6.80. The molecule has 1 saturated heterocycles. The van der Waals surface area contributed by atoms with Gasteiger partial charge in [-0.3, -0.25) is 4.79 Å². The number of hydrogen-bond acceptors (Lipinski definition) is 7. The highest BCUT2D eigenvalue weighted by Gasteiger charge is 2.29. The van der Waals surface area contributed by atoms with Crippen molar-refractivity contribution in [3.8, 4) is 0 Å². The van der Waals surface area contributed by atoms with E-state index in [2.05, 4.69) is 22.0 Å². The van der Waals surface area contributed by atoms with Crippen molar-refractivity contribution in [3.63, 3.8) is 0 Å². The molecule has 0 unspecified atom stereocenters. The number of piperidine rings is 1. The lowest BCUT2D eigenvalue weighted by Gasteiger charge is -2.33. The maximum atomic E-state index is 12.8. The summed E-state index contributed by atoms with van der Waals surface area (Å²) in [6.07, 6.45) is 4.49. The van der Waals surface area contributed by atoms with Crippen LogP contribution in [0.5, 0.6) is 0 Å². The van der Waals surface area contributed by atoms with Crippen LogP contribution in [0.4, 0.5) is 11.4 Å². The molecule has 0 radical (unpaired) electrons. The maximum Gasteiger partial charge on any atom is 0.338 e. The van der Waals surface area contributed by atoms with Gasteiger partial charge in [0.25, 0.3) is 0 Å². The van der Waals surface area contributed by atoms with Gasteiger partial charge >= 0.3 is 5.97 Å². The zero-order valence-corrected chi connectivity index (χ0v) is 20.2. The molecule has 0 spiro atoms. The molecule has 2 aromatic carbocycles. The average Bonchev–Trinajstić information content (AvgIpc) is 3.25. The summed E-state index contributed by atoms with van der Waals surface area (Å²) in [6, 6.07) is 11.1. The number of benzene rings is 2. The van der Waals surface area contributed by atoms with Crippen LogP contribution in [0.25, 0.3) is 0 Å². The summed E-state index contributed by atoms with van der Waals surface area (Å²) in [5.41, 5.74) is 4.80. The smallest absolute Gasteiger partial charge is 0.338 e. The van der Waals surface area contributed by atoms with E-state index < -0.39 is 6.10 Å². The van der Waals surface area contributed by atoms with Crippen molar-refractivity contribution in [2.24, 2.45) is 11.0 Å². The fourth-order valence-corrected chi connectivity index (χ4v) is 4.75. The minimum Gasteiger partial charge on any atom is -0.457 e.